The van der Waals surface area contributed by atoms with E-state index >= 15 is 0 Å². The highest BCUT2D eigenvalue weighted by atomic mass is 15.2. The highest BCUT2D eigenvalue weighted by Crippen LogP contribution is 2.18. The van der Waals surface area contributed by atoms with Crippen LogP contribution in [0.5, 0.6) is 0 Å². The molecule has 0 bridgehead atoms. The molecule has 1 heterocycles. The van der Waals surface area contributed by atoms with Gasteiger partial charge in [-0.1, -0.05) is 18.2 Å². The van der Waals surface area contributed by atoms with Crippen LogP contribution in [0.3, 0.4) is 0 Å². The fraction of sp³-hybridized carbons (Fsp3) is 0.125. The van der Waals surface area contributed by atoms with Gasteiger partial charge in [0.05, 0.1) is 5.69 Å². The zero-order valence-electron chi connectivity index (χ0n) is 5.94. The third-order valence-corrected chi connectivity index (χ3v) is 1.49. The Morgan fingerprint density at radius 1 is 1.18 bits per heavy atom. The average Bonchev–Trinajstić information content (AvgIpc) is 2.28. The summed E-state index contributed by atoms with van der Waals surface area (Å²) >= 11 is 0. The summed E-state index contributed by atoms with van der Waals surface area (Å²) in [6.45, 7) is 0.439. The van der Waals surface area contributed by atoms with Gasteiger partial charge in [-0.3, -0.25) is 4.99 Å². The Labute approximate surface area is 64.5 Å². The van der Waals surface area contributed by atoms with Gasteiger partial charge in [0.2, 0.25) is 0 Å². The number of rotatable bonds is 0. The van der Waals surface area contributed by atoms with Gasteiger partial charge in [0.25, 0.3) is 0 Å². The van der Waals surface area contributed by atoms with Crippen LogP contribution in [0.2, 0.25) is 0 Å². The van der Waals surface area contributed by atoms with E-state index in [2.05, 4.69) is 15.2 Å². The summed E-state index contributed by atoms with van der Waals surface area (Å²) in [6, 6.07) is 7.81. The lowest BCUT2D eigenvalue weighted by Crippen LogP contribution is -1.78. The van der Waals surface area contributed by atoms with Gasteiger partial charge in [-0.25, -0.2) is 0 Å². The highest BCUT2D eigenvalue weighted by molar-refractivity contribution is 5.86. The standard InChI is InChI=1S/C8H7N3/c1-2-4-8-7(3-1)5-9-6-10-11-8/h1-5H,6H2. The van der Waals surface area contributed by atoms with Crippen molar-refractivity contribution in [2.45, 2.75) is 0 Å². The maximum absolute atomic E-state index is 4.03. The van der Waals surface area contributed by atoms with Gasteiger partial charge >= 0.3 is 0 Å². The van der Waals surface area contributed by atoms with E-state index in [1.54, 1.807) is 6.21 Å². The first kappa shape index (κ1) is 6.22. The molecule has 3 heteroatoms. The number of fused-ring (bicyclic) bond motifs is 1. The summed E-state index contributed by atoms with van der Waals surface area (Å²) < 4.78 is 0. The highest BCUT2D eigenvalue weighted by Gasteiger charge is 1.98. The first-order valence-electron chi connectivity index (χ1n) is 3.43. The zero-order chi connectivity index (χ0) is 7.52. The molecule has 0 saturated carbocycles. The summed E-state index contributed by atoms with van der Waals surface area (Å²) in [4.78, 5) is 4.03. The fourth-order valence-electron chi connectivity index (χ4n) is 0.971. The number of azo groups is 1. The maximum Gasteiger partial charge on any atom is 0.150 e. The first-order valence-corrected chi connectivity index (χ1v) is 3.43. The minimum atomic E-state index is 0.439. The molecule has 11 heavy (non-hydrogen) atoms. The number of hydrogen-bond donors (Lipinski definition) is 0. The summed E-state index contributed by atoms with van der Waals surface area (Å²) in [6.07, 6.45) is 1.80. The monoisotopic (exact) mass is 145 g/mol. The van der Waals surface area contributed by atoms with Crippen molar-refractivity contribution in [2.75, 3.05) is 6.67 Å². The van der Waals surface area contributed by atoms with Gasteiger partial charge in [-0.15, -0.1) is 0 Å². The van der Waals surface area contributed by atoms with Crippen LogP contribution >= 0.6 is 0 Å². The summed E-state index contributed by atoms with van der Waals surface area (Å²) in [7, 11) is 0. The van der Waals surface area contributed by atoms with Crippen molar-refractivity contribution in [1.29, 1.82) is 0 Å². The molecule has 0 radical (unpaired) electrons. The van der Waals surface area contributed by atoms with Crippen molar-refractivity contribution in [2.24, 2.45) is 15.2 Å². The van der Waals surface area contributed by atoms with E-state index in [9.17, 15) is 0 Å². The Hall–Kier alpha value is -1.51. The topological polar surface area (TPSA) is 37.1 Å². The van der Waals surface area contributed by atoms with Crippen molar-refractivity contribution < 1.29 is 0 Å². The lowest BCUT2D eigenvalue weighted by Gasteiger charge is -1.93. The molecule has 3 nitrogen and oxygen atoms in total. The Morgan fingerprint density at radius 2 is 2.09 bits per heavy atom. The summed E-state index contributed by atoms with van der Waals surface area (Å²) in [5.74, 6) is 0. The van der Waals surface area contributed by atoms with Crippen LogP contribution in [0.1, 0.15) is 5.56 Å². The van der Waals surface area contributed by atoms with E-state index in [-0.39, 0.29) is 0 Å². The van der Waals surface area contributed by atoms with Crippen LogP contribution in [-0.2, 0) is 0 Å². The van der Waals surface area contributed by atoms with E-state index in [1.165, 1.54) is 0 Å². The number of benzene rings is 1. The molecule has 0 saturated heterocycles. The molecule has 0 aromatic heterocycles. The lowest BCUT2D eigenvalue weighted by atomic mass is 10.2. The Kier molecular flexibility index (Phi) is 1.48. The fourth-order valence-corrected chi connectivity index (χ4v) is 0.971. The molecule has 0 atom stereocenters. The smallest absolute Gasteiger partial charge is 0.150 e. The van der Waals surface area contributed by atoms with E-state index in [0.29, 0.717) is 6.67 Å². The average molecular weight is 145 g/mol. The molecule has 1 aliphatic heterocycles. The van der Waals surface area contributed by atoms with Gasteiger partial charge in [0.1, 0.15) is 0 Å². The summed E-state index contributed by atoms with van der Waals surface area (Å²) in [5.41, 5.74) is 1.93. The van der Waals surface area contributed by atoms with Crippen molar-refractivity contribution in [3.63, 3.8) is 0 Å². The van der Waals surface area contributed by atoms with E-state index in [4.69, 9.17) is 0 Å². The minimum Gasteiger partial charge on any atom is -0.267 e. The predicted octanol–water partition coefficient (Wildman–Crippen LogP) is 2.16. The molecule has 0 amide bonds. The second-order valence-corrected chi connectivity index (χ2v) is 2.25. The number of hydrogen-bond acceptors (Lipinski definition) is 3. The van der Waals surface area contributed by atoms with Crippen molar-refractivity contribution in [1.82, 2.24) is 0 Å². The van der Waals surface area contributed by atoms with Crippen LogP contribution in [-0.4, -0.2) is 12.9 Å². The number of nitrogens with zero attached hydrogens (tertiary/aromatic N) is 3. The van der Waals surface area contributed by atoms with Gasteiger partial charge in [-0.2, -0.15) is 10.2 Å². The van der Waals surface area contributed by atoms with E-state index < -0.39 is 0 Å². The van der Waals surface area contributed by atoms with Crippen LogP contribution in [0, 0.1) is 0 Å². The third kappa shape index (κ3) is 1.17. The molecule has 0 N–H and O–H groups in total. The second-order valence-electron chi connectivity index (χ2n) is 2.25. The molecule has 1 aliphatic rings. The zero-order valence-corrected chi connectivity index (χ0v) is 5.94. The molecule has 1 aromatic carbocycles. The molecular formula is C8H7N3. The van der Waals surface area contributed by atoms with E-state index in [0.717, 1.165) is 11.3 Å². The Morgan fingerprint density at radius 3 is 3.09 bits per heavy atom. The molecule has 0 fully saturated rings. The molecule has 0 spiro atoms. The van der Waals surface area contributed by atoms with Gasteiger partial charge < -0.3 is 0 Å². The molecule has 54 valence electrons. The van der Waals surface area contributed by atoms with Crippen LogP contribution in [0.25, 0.3) is 0 Å². The lowest BCUT2D eigenvalue weighted by molar-refractivity contribution is 0.981. The molecule has 2 rings (SSSR count). The van der Waals surface area contributed by atoms with Gasteiger partial charge in [0.15, 0.2) is 6.67 Å². The number of aliphatic imine (C=N–C) groups is 1. The maximum atomic E-state index is 4.03. The molecule has 0 unspecified atom stereocenters. The Bertz CT molecular complexity index is 284. The van der Waals surface area contributed by atoms with Gasteiger partial charge in [-0.05, 0) is 6.07 Å². The summed E-state index contributed by atoms with van der Waals surface area (Å²) in [5, 5.41) is 7.83. The Balaban J connectivity index is 2.58. The third-order valence-electron chi connectivity index (χ3n) is 1.49. The largest absolute Gasteiger partial charge is 0.267 e. The quantitative estimate of drug-likeness (QED) is 0.536. The first-order chi connectivity index (χ1) is 5.47. The SMILES string of the molecule is C1=NCN=Nc2ccccc21. The van der Waals surface area contributed by atoms with Crippen molar-refractivity contribution in [3.05, 3.63) is 29.8 Å². The van der Waals surface area contributed by atoms with Crippen LogP contribution < -0.4 is 0 Å². The van der Waals surface area contributed by atoms with Crippen molar-refractivity contribution >= 4 is 11.9 Å². The van der Waals surface area contributed by atoms with Crippen molar-refractivity contribution in [3.8, 4) is 0 Å². The van der Waals surface area contributed by atoms with Crippen LogP contribution in [0.15, 0.2) is 39.5 Å². The normalized spacial score (nSPS) is 14.2. The minimum absolute atomic E-state index is 0.439. The second kappa shape index (κ2) is 2.62. The van der Waals surface area contributed by atoms with Crippen LogP contribution in [0.4, 0.5) is 5.69 Å². The predicted molar refractivity (Wildman–Crippen MR) is 43.4 cm³/mol. The van der Waals surface area contributed by atoms with Gasteiger partial charge in [0, 0.05) is 11.8 Å². The molecule has 0 aliphatic carbocycles. The molecule has 1 aromatic rings. The van der Waals surface area contributed by atoms with E-state index in [1.807, 2.05) is 24.3 Å². The molecular weight excluding hydrogens is 138 g/mol.